The van der Waals surface area contributed by atoms with Gasteiger partial charge in [-0.05, 0) is 12.8 Å². The zero-order chi connectivity index (χ0) is 20.4. The van der Waals surface area contributed by atoms with Crippen molar-refractivity contribution in [1.82, 2.24) is 26.4 Å². The van der Waals surface area contributed by atoms with E-state index in [1.54, 1.807) is 0 Å². The molecule has 0 aromatic heterocycles. The molecule has 0 aromatic rings. The van der Waals surface area contributed by atoms with Gasteiger partial charge in [-0.1, -0.05) is 0 Å². The fraction of sp³-hybridized carbons (Fsp3) is 0.875. The van der Waals surface area contributed by atoms with Gasteiger partial charge in [0.25, 0.3) is 0 Å². The largest absolute Gasteiger partial charge is 0.469 e. The van der Waals surface area contributed by atoms with Gasteiger partial charge >= 0.3 is 5.97 Å². The summed E-state index contributed by atoms with van der Waals surface area (Å²) in [6, 6.07) is -2.66. The number of halogens is 4. The average molecular weight is 411 g/mol. The highest BCUT2D eigenvalue weighted by Crippen LogP contribution is 2.35. The molecule has 0 radical (unpaired) electrons. The van der Waals surface area contributed by atoms with Crippen molar-refractivity contribution in [1.29, 1.82) is 0 Å². The quantitative estimate of drug-likeness (QED) is 0.351. The number of hydrogen-bond acceptors (Lipinski definition) is 7. The summed E-state index contributed by atoms with van der Waals surface area (Å²) in [7, 11) is 0.926. The molecule has 8 atom stereocenters. The number of alkyl halides is 4. The van der Waals surface area contributed by atoms with E-state index in [2.05, 4.69) is 31.1 Å². The van der Waals surface area contributed by atoms with E-state index in [1.807, 2.05) is 0 Å². The van der Waals surface area contributed by atoms with Crippen molar-refractivity contribution in [3.05, 3.63) is 0 Å². The Labute approximate surface area is 159 Å². The van der Waals surface area contributed by atoms with Crippen LogP contribution in [0.3, 0.4) is 0 Å². The molecule has 3 aliphatic rings. The summed E-state index contributed by atoms with van der Waals surface area (Å²) >= 11 is 0. The molecule has 1 saturated carbocycles. The fourth-order valence-corrected chi connectivity index (χ4v) is 3.92. The maximum atomic E-state index is 14.4. The van der Waals surface area contributed by atoms with Crippen LogP contribution in [0, 0.1) is 5.92 Å². The minimum absolute atomic E-state index is 0.00297. The van der Waals surface area contributed by atoms with Crippen molar-refractivity contribution >= 4 is 11.9 Å². The number of carbonyl (C=O) groups is 2. The number of hydrazine groups is 1. The molecular weight excluding hydrogens is 386 g/mol. The van der Waals surface area contributed by atoms with Crippen molar-refractivity contribution in [2.24, 2.45) is 5.92 Å². The molecule has 160 valence electrons. The van der Waals surface area contributed by atoms with Gasteiger partial charge in [0.2, 0.25) is 5.91 Å². The lowest BCUT2D eigenvalue weighted by Crippen LogP contribution is -2.67. The Hall–Kier alpha value is -1.50. The van der Waals surface area contributed by atoms with Crippen molar-refractivity contribution in [2.75, 3.05) is 26.9 Å². The van der Waals surface area contributed by atoms with Gasteiger partial charge in [0.1, 0.15) is 18.1 Å². The number of ether oxygens (including phenoxy) is 1. The van der Waals surface area contributed by atoms with E-state index in [4.69, 9.17) is 0 Å². The van der Waals surface area contributed by atoms with E-state index < -0.39 is 54.6 Å². The lowest BCUT2D eigenvalue weighted by molar-refractivity contribution is -0.159. The highest BCUT2D eigenvalue weighted by molar-refractivity contribution is 5.83. The Morgan fingerprint density at radius 3 is 2.32 bits per heavy atom. The summed E-state index contributed by atoms with van der Waals surface area (Å²) in [5.74, 6) is -3.94. The summed E-state index contributed by atoms with van der Waals surface area (Å²) in [6.45, 7) is 2.42. The molecule has 3 rings (SSSR count). The molecule has 3 fully saturated rings. The minimum Gasteiger partial charge on any atom is -0.469 e. The first-order valence-electron chi connectivity index (χ1n) is 9.25. The zero-order valence-electron chi connectivity index (χ0n) is 15.3. The normalized spacial score (nSPS) is 42.2. The third-order valence-electron chi connectivity index (χ3n) is 5.57. The summed E-state index contributed by atoms with van der Waals surface area (Å²) < 4.78 is 60.4. The summed E-state index contributed by atoms with van der Waals surface area (Å²) in [6.07, 6.45) is -9.79. The fourth-order valence-electron chi connectivity index (χ4n) is 3.92. The lowest BCUT2D eigenvalue weighted by atomic mass is 9.79. The van der Waals surface area contributed by atoms with E-state index in [0.29, 0.717) is 19.5 Å². The first-order chi connectivity index (χ1) is 13.3. The van der Waals surface area contributed by atoms with E-state index in [-0.39, 0.29) is 6.17 Å². The Morgan fingerprint density at radius 2 is 1.75 bits per heavy atom. The van der Waals surface area contributed by atoms with Crippen LogP contribution in [0.25, 0.3) is 0 Å². The average Bonchev–Trinajstić information content (AvgIpc) is 3.25. The van der Waals surface area contributed by atoms with Gasteiger partial charge in [-0.2, -0.15) is 0 Å². The molecule has 2 aliphatic heterocycles. The van der Waals surface area contributed by atoms with Crippen LogP contribution in [0.5, 0.6) is 0 Å². The van der Waals surface area contributed by atoms with Gasteiger partial charge in [-0.15, -0.1) is 0 Å². The van der Waals surface area contributed by atoms with E-state index >= 15 is 0 Å². The zero-order valence-corrected chi connectivity index (χ0v) is 15.3. The lowest BCUT2D eigenvalue weighted by Gasteiger charge is -2.40. The predicted octanol–water partition coefficient (Wildman–Crippen LogP) is -0.928. The Bertz CT molecular complexity index is 574. The maximum Gasteiger partial charge on any atom is 0.313 e. The molecule has 1 aliphatic carbocycles. The van der Waals surface area contributed by atoms with Crippen LogP contribution in [-0.2, 0) is 14.3 Å². The third kappa shape index (κ3) is 4.09. The van der Waals surface area contributed by atoms with Gasteiger partial charge in [-0.3, -0.25) is 14.5 Å². The Balaban J connectivity index is 1.63. The first-order valence-corrected chi connectivity index (χ1v) is 9.25. The van der Waals surface area contributed by atoms with Crippen molar-refractivity contribution in [3.63, 3.8) is 0 Å². The number of rotatable bonds is 4. The summed E-state index contributed by atoms with van der Waals surface area (Å²) in [5.41, 5.74) is 5.80. The molecule has 0 aromatic carbocycles. The SMILES string of the molecule is COC(=O)C1C(F)C(F)C(F)C(F)C1NC(=O)C1CCC(N2CCNC2)NN1. The molecule has 4 N–H and O–H groups in total. The molecule has 0 bridgehead atoms. The highest BCUT2D eigenvalue weighted by Gasteiger charge is 2.57. The van der Waals surface area contributed by atoms with Gasteiger partial charge in [0.15, 0.2) is 18.5 Å². The number of methoxy groups -OCH3 is 1. The second-order valence-electron chi connectivity index (χ2n) is 7.27. The predicted molar refractivity (Wildman–Crippen MR) is 89.7 cm³/mol. The molecule has 2 heterocycles. The molecular formula is C16H25F4N5O3. The van der Waals surface area contributed by atoms with Crippen molar-refractivity contribution in [2.45, 2.75) is 55.8 Å². The number of amides is 1. The number of esters is 1. The molecule has 0 spiro atoms. The topological polar surface area (TPSA) is 94.7 Å². The van der Waals surface area contributed by atoms with Crippen LogP contribution in [0.1, 0.15) is 12.8 Å². The highest BCUT2D eigenvalue weighted by atomic mass is 19.2. The first kappa shape index (κ1) is 21.2. The number of nitrogens with zero attached hydrogens (tertiary/aromatic N) is 1. The second-order valence-corrected chi connectivity index (χ2v) is 7.27. The standard InChI is InChI=1S/C16H25F4N5O3/c1-28-16(27)9-10(17)11(18)12(19)13(20)14(9)22-15(26)7-2-3-8(24-23-7)25-5-4-21-6-25/h7-14,21,23-24H,2-6H2,1H3,(H,22,26). The van der Waals surface area contributed by atoms with Crippen LogP contribution < -0.4 is 21.5 Å². The van der Waals surface area contributed by atoms with Crippen LogP contribution in [0.2, 0.25) is 0 Å². The molecule has 8 unspecified atom stereocenters. The molecule has 1 amide bonds. The molecule has 28 heavy (non-hydrogen) atoms. The van der Waals surface area contributed by atoms with Crippen LogP contribution in [-0.4, -0.2) is 86.6 Å². The third-order valence-corrected chi connectivity index (χ3v) is 5.57. The van der Waals surface area contributed by atoms with Crippen molar-refractivity contribution < 1.29 is 31.9 Å². The number of hydrogen-bond donors (Lipinski definition) is 4. The van der Waals surface area contributed by atoms with Gasteiger partial charge < -0.3 is 15.4 Å². The number of carbonyl (C=O) groups excluding carboxylic acids is 2. The summed E-state index contributed by atoms with van der Waals surface area (Å²) in [4.78, 5) is 26.5. The van der Waals surface area contributed by atoms with Gasteiger partial charge in [-0.25, -0.2) is 28.4 Å². The minimum atomic E-state index is -2.81. The monoisotopic (exact) mass is 411 g/mol. The van der Waals surface area contributed by atoms with E-state index in [0.717, 1.165) is 20.2 Å². The van der Waals surface area contributed by atoms with E-state index in [1.165, 1.54) is 0 Å². The molecule has 2 saturated heterocycles. The Morgan fingerprint density at radius 1 is 1.04 bits per heavy atom. The second kappa shape index (κ2) is 8.89. The van der Waals surface area contributed by atoms with Crippen molar-refractivity contribution in [3.8, 4) is 0 Å². The van der Waals surface area contributed by atoms with E-state index in [9.17, 15) is 27.2 Å². The maximum absolute atomic E-state index is 14.4. The van der Waals surface area contributed by atoms with Crippen LogP contribution in [0.15, 0.2) is 0 Å². The van der Waals surface area contributed by atoms with Gasteiger partial charge in [0.05, 0.1) is 19.3 Å². The van der Waals surface area contributed by atoms with Crippen LogP contribution in [0.4, 0.5) is 17.6 Å². The number of nitrogens with one attached hydrogen (secondary N) is 4. The molecule has 12 heteroatoms. The molecule has 8 nitrogen and oxygen atoms in total. The smallest absolute Gasteiger partial charge is 0.313 e. The van der Waals surface area contributed by atoms with Crippen LogP contribution >= 0.6 is 0 Å². The summed E-state index contributed by atoms with van der Waals surface area (Å²) in [5, 5.41) is 5.37. The van der Waals surface area contributed by atoms with Gasteiger partial charge in [0, 0.05) is 19.8 Å². The Kier molecular flexibility index (Phi) is 6.73.